The van der Waals surface area contributed by atoms with Gasteiger partial charge in [0.1, 0.15) is 0 Å². The number of hydrogen-bond donors (Lipinski definition) is 1. The lowest BCUT2D eigenvalue weighted by atomic mass is 10.0. The summed E-state index contributed by atoms with van der Waals surface area (Å²) in [5.41, 5.74) is 1.49. The molecule has 1 saturated heterocycles. The van der Waals surface area contributed by atoms with Crippen LogP contribution < -0.4 is 4.72 Å². The van der Waals surface area contributed by atoms with Gasteiger partial charge in [0.2, 0.25) is 15.8 Å². The number of aryl methyl sites for hydroxylation is 1. The molecule has 92 valence electrons. The summed E-state index contributed by atoms with van der Waals surface area (Å²) in [5.74, 6) is -0.936. The number of ether oxygens (including phenoxy) is 2. The third-order valence-electron chi connectivity index (χ3n) is 3.09. The lowest BCUT2D eigenvalue weighted by Gasteiger charge is -2.33. The fraction of sp³-hybridized carbons (Fsp3) is 0.455. The number of benzene rings is 1. The zero-order chi connectivity index (χ0) is 12.1. The third kappa shape index (κ3) is 1.60. The van der Waals surface area contributed by atoms with E-state index in [4.69, 9.17) is 9.47 Å². The van der Waals surface area contributed by atoms with Crippen LogP contribution in [0.4, 0.5) is 0 Å². The molecule has 1 spiro atoms. The van der Waals surface area contributed by atoms with Crippen molar-refractivity contribution >= 4 is 10.0 Å². The fourth-order valence-electron chi connectivity index (χ4n) is 2.24. The van der Waals surface area contributed by atoms with Crippen molar-refractivity contribution in [3.8, 4) is 0 Å². The van der Waals surface area contributed by atoms with Crippen LogP contribution in [0.25, 0.3) is 0 Å². The smallest absolute Gasteiger partial charge is 0.241 e. The SMILES string of the molecule is Cc1ccc2c(c1)S(=O)(=O)NCC21OCCO1. The van der Waals surface area contributed by atoms with Crippen LogP contribution >= 0.6 is 0 Å². The maximum atomic E-state index is 11.9. The summed E-state index contributed by atoms with van der Waals surface area (Å²) in [6, 6.07) is 5.28. The second-order valence-corrected chi connectivity index (χ2v) is 6.01. The third-order valence-corrected chi connectivity index (χ3v) is 4.53. The summed E-state index contributed by atoms with van der Waals surface area (Å²) in [7, 11) is -3.44. The second-order valence-electron chi connectivity index (χ2n) is 4.27. The minimum atomic E-state index is -3.44. The Bertz CT molecular complexity index is 561. The lowest BCUT2D eigenvalue weighted by Crippen LogP contribution is -2.47. The van der Waals surface area contributed by atoms with Crippen LogP contribution in [0, 0.1) is 6.92 Å². The van der Waals surface area contributed by atoms with E-state index in [-0.39, 0.29) is 11.4 Å². The molecule has 2 heterocycles. The first-order chi connectivity index (χ1) is 8.04. The molecule has 0 unspecified atom stereocenters. The standard InChI is InChI=1S/C11H13NO4S/c1-8-2-3-9-10(6-8)17(13,14)12-7-11(9)15-4-5-16-11/h2-3,6,12H,4-5,7H2,1H3. The van der Waals surface area contributed by atoms with Gasteiger partial charge in [0.25, 0.3) is 0 Å². The second kappa shape index (κ2) is 3.52. The Labute approximate surface area is 99.8 Å². The molecule has 1 aromatic rings. The molecule has 1 fully saturated rings. The highest BCUT2D eigenvalue weighted by atomic mass is 32.2. The highest BCUT2D eigenvalue weighted by Crippen LogP contribution is 2.38. The molecule has 17 heavy (non-hydrogen) atoms. The highest BCUT2D eigenvalue weighted by molar-refractivity contribution is 7.89. The Kier molecular flexibility index (Phi) is 2.31. The summed E-state index contributed by atoms with van der Waals surface area (Å²) >= 11 is 0. The van der Waals surface area contributed by atoms with Crippen LogP contribution in [0.3, 0.4) is 0 Å². The number of nitrogens with one attached hydrogen (secondary N) is 1. The molecule has 0 radical (unpaired) electrons. The number of fused-ring (bicyclic) bond motifs is 2. The maximum absolute atomic E-state index is 11.9. The summed E-state index contributed by atoms with van der Waals surface area (Å²) in [5, 5.41) is 0. The van der Waals surface area contributed by atoms with Gasteiger partial charge in [-0.2, -0.15) is 0 Å². The molecule has 0 aliphatic carbocycles. The molecule has 0 aromatic heterocycles. The van der Waals surface area contributed by atoms with Gasteiger partial charge in [-0.25, -0.2) is 13.1 Å². The Balaban J connectivity index is 2.24. The summed E-state index contributed by atoms with van der Waals surface area (Å²) in [4.78, 5) is 0.255. The van der Waals surface area contributed by atoms with Crippen molar-refractivity contribution in [1.82, 2.24) is 4.72 Å². The first-order valence-electron chi connectivity index (χ1n) is 5.42. The normalized spacial score (nSPS) is 24.8. The largest absolute Gasteiger partial charge is 0.342 e. The van der Waals surface area contributed by atoms with Gasteiger partial charge in [0.15, 0.2) is 0 Å². The highest BCUT2D eigenvalue weighted by Gasteiger charge is 2.46. The van der Waals surface area contributed by atoms with Crippen LogP contribution in [0.5, 0.6) is 0 Å². The number of rotatable bonds is 0. The van der Waals surface area contributed by atoms with Gasteiger partial charge in [0.05, 0.1) is 24.7 Å². The molecule has 0 saturated carbocycles. The molecule has 2 aliphatic rings. The van der Waals surface area contributed by atoms with Gasteiger partial charge in [-0.05, 0) is 18.6 Å². The van der Waals surface area contributed by atoms with Crippen molar-refractivity contribution in [3.63, 3.8) is 0 Å². The molecular formula is C11H13NO4S. The van der Waals surface area contributed by atoms with Gasteiger partial charge in [-0.3, -0.25) is 0 Å². The van der Waals surface area contributed by atoms with Gasteiger partial charge in [-0.1, -0.05) is 12.1 Å². The van der Waals surface area contributed by atoms with Crippen molar-refractivity contribution in [3.05, 3.63) is 29.3 Å². The number of sulfonamides is 1. The maximum Gasteiger partial charge on any atom is 0.241 e. The Morgan fingerprint density at radius 1 is 1.29 bits per heavy atom. The molecule has 2 aliphatic heterocycles. The summed E-state index contributed by atoms with van der Waals surface area (Å²) in [6.07, 6.45) is 0. The van der Waals surface area contributed by atoms with Crippen molar-refractivity contribution < 1.29 is 17.9 Å². The molecule has 6 heteroatoms. The van der Waals surface area contributed by atoms with Crippen LogP contribution in [-0.4, -0.2) is 28.2 Å². The van der Waals surface area contributed by atoms with Crippen molar-refractivity contribution in [2.45, 2.75) is 17.6 Å². The van der Waals surface area contributed by atoms with Gasteiger partial charge >= 0.3 is 0 Å². The van der Waals surface area contributed by atoms with Gasteiger partial charge < -0.3 is 9.47 Å². The molecule has 0 atom stereocenters. The van der Waals surface area contributed by atoms with Crippen LogP contribution in [0.2, 0.25) is 0 Å². The van der Waals surface area contributed by atoms with E-state index >= 15 is 0 Å². The van der Waals surface area contributed by atoms with E-state index in [1.165, 1.54) is 0 Å². The van der Waals surface area contributed by atoms with Gasteiger partial charge in [0, 0.05) is 5.56 Å². The Hall–Kier alpha value is -0.950. The molecular weight excluding hydrogens is 242 g/mol. The first kappa shape index (κ1) is 11.2. The van der Waals surface area contributed by atoms with E-state index in [2.05, 4.69) is 4.72 Å². The van der Waals surface area contributed by atoms with Crippen LogP contribution in [-0.2, 0) is 25.3 Å². The number of hydrogen-bond acceptors (Lipinski definition) is 4. The van der Waals surface area contributed by atoms with E-state index in [1.54, 1.807) is 12.1 Å². The minimum Gasteiger partial charge on any atom is -0.342 e. The average Bonchev–Trinajstić information content (AvgIpc) is 2.75. The zero-order valence-electron chi connectivity index (χ0n) is 9.39. The van der Waals surface area contributed by atoms with E-state index in [0.717, 1.165) is 5.56 Å². The average molecular weight is 255 g/mol. The van der Waals surface area contributed by atoms with E-state index in [9.17, 15) is 8.42 Å². The quantitative estimate of drug-likeness (QED) is 0.732. The molecule has 5 nitrogen and oxygen atoms in total. The van der Waals surface area contributed by atoms with Crippen LogP contribution in [0.15, 0.2) is 23.1 Å². The topological polar surface area (TPSA) is 64.6 Å². The molecule has 0 amide bonds. The molecule has 1 aromatic carbocycles. The van der Waals surface area contributed by atoms with E-state index in [1.807, 2.05) is 13.0 Å². The fourth-order valence-corrected chi connectivity index (χ4v) is 3.63. The van der Waals surface area contributed by atoms with Crippen molar-refractivity contribution in [1.29, 1.82) is 0 Å². The van der Waals surface area contributed by atoms with Crippen LogP contribution in [0.1, 0.15) is 11.1 Å². The summed E-state index contributed by atoms with van der Waals surface area (Å²) < 4.78 is 37.6. The predicted molar refractivity (Wildman–Crippen MR) is 59.9 cm³/mol. The zero-order valence-corrected chi connectivity index (χ0v) is 10.2. The first-order valence-corrected chi connectivity index (χ1v) is 6.91. The molecule has 1 N–H and O–H groups in total. The minimum absolute atomic E-state index is 0.130. The predicted octanol–water partition coefficient (Wildman–Crippen LogP) is 0.487. The Morgan fingerprint density at radius 3 is 2.71 bits per heavy atom. The van der Waals surface area contributed by atoms with Gasteiger partial charge in [-0.15, -0.1) is 0 Å². The molecule has 3 rings (SSSR count). The lowest BCUT2D eigenvalue weighted by molar-refractivity contribution is -0.162. The molecule has 0 bridgehead atoms. The van der Waals surface area contributed by atoms with Crippen molar-refractivity contribution in [2.75, 3.05) is 19.8 Å². The van der Waals surface area contributed by atoms with E-state index in [0.29, 0.717) is 18.8 Å². The van der Waals surface area contributed by atoms with E-state index < -0.39 is 15.8 Å². The Morgan fingerprint density at radius 2 is 2.00 bits per heavy atom. The monoisotopic (exact) mass is 255 g/mol. The van der Waals surface area contributed by atoms with Crippen molar-refractivity contribution in [2.24, 2.45) is 0 Å². The summed E-state index contributed by atoms with van der Waals surface area (Å²) in [6.45, 7) is 2.95.